The molecule has 51 heavy (non-hydrogen) atoms. The molecule has 3 rings (SSSR count). The molecule has 2 fully saturated rings. The largest absolute Gasteiger partial charge is 0.456 e. The molecule has 0 spiro atoms. The molecule has 2 nitrogen and oxygen atoms in total. The Morgan fingerprint density at radius 2 is 0.863 bits per heavy atom. The van der Waals surface area contributed by atoms with Gasteiger partial charge in [-0.1, -0.05) is 18.6 Å². The van der Waals surface area contributed by atoms with Crippen molar-refractivity contribution < 1.29 is 115 Å². The van der Waals surface area contributed by atoms with Crippen molar-refractivity contribution in [1.82, 2.24) is 0 Å². The molecule has 0 aliphatic heterocycles. The van der Waals surface area contributed by atoms with Crippen LogP contribution in [0.5, 0.6) is 0 Å². The molecule has 0 heterocycles. The van der Waals surface area contributed by atoms with E-state index in [4.69, 9.17) is 0 Å². The summed E-state index contributed by atoms with van der Waals surface area (Å²) in [6, 6.07) is 0. The summed E-state index contributed by atoms with van der Waals surface area (Å²) in [5.74, 6) is -28.3. The zero-order chi connectivity index (χ0) is 40.3. The fourth-order valence-electron chi connectivity index (χ4n) is 7.40. The zero-order valence-electron chi connectivity index (χ0n) is 24.2. The SMILES string of the molecule is OC(C1CCCC(C(OC2CC3C=CC2C3)(C(F)(F)C(F)(F)F)C(F)(C(F)(F)F)C(F)(F)F)C1)(C(F)(F)C(F)(F)F)C(F)(C(F)(F)F)C(F)(F)F. The molecule has 1 N–H and O–H groups in total. The number of allylic oxidation sites excluding steroid dienone is 1. The molecule has 0 amide bonds. The molecule has 3 aliphatic rings. The Bertz CT molecular complexity index is 1270. The standard InChI is InChI=1S/C25H20F24O2/c26-16(20(32,33)34,21(35,36)37)14(50,18(28,29)24(44,45)46)11-2-1-3-12(8-11)15(19(30,31)25(47,48)49,17(27,22(38,39)40)23(41,42)43)51-13-7-9-4-5-10(13)6-9/h4-5,9-13,50H,1-3,6-8H2. The molecule has 3 aliphatic carbocycles. The number of hydrogen-bond acceptors (Lipinski definition) is 2. The molecule has 0 radical (unpaired) electrons. The Morgan fingerprint density at radius 1 is 0.451 bits per heavy atom. The maximum absolute atomic E-state index is 16.1. The van der Waals surface area contributed by atoms with Gasteiger partial charge >= 0.3 is 60.2 Å². The van der Waals surface area contributed by atoms with Gasteiger partial charge in [0.25, 0.3) is 0 Å². The van der Waals surface area contributed by atoms with Gasteiger partial charge in [0.1, 0.15) is 0 Å². The van der Waals surface area contributed by atoms with Gasteiger partial charge < -0.3 is 9.84 Å². The van der Waals surface area contributed by atoms with Crippen molar-refractivity contribution in [3.05, 3.63) is 12.2 Å². The van der Waals surface area contributed by atoms with Gasteiger partial charge in [0.2, 0.25) is 0 Å². The van der Waals surface area contributed by atoms with Gasteiger partial charge in [-0.15, -0.1) is 0 Å². The highest BCUT2D eigenvalue weighted by atomic mass is 19.5. The number of alkyl halides is 24. The van der Waals surface area contributed by atoms with E-state index in [1.54, 1.807) is 0 Å². The van der Waals surface area contributed by atoms with Crippen LogP contribution in [0.4, 0.5) is 105 Å². The van der Waals surface area contributed by atoms with Gasteiger partial charge in [-0.2, -0.15) is 96.6 Å². The predicted molar refractivity (Wildman–Crippen MR) is 117 cm³/mol. The Balaban J connectivity index is 2.55. The van der Waals surface area contributed by atoms with Crippen LogP contribution < -0.4 is 0 Å². The van der Waals surface area contributed by atoms with E-state index in [1.165, 1.54) is 0 Å². The number of ether oxygens (including phenoxy) is 1. The second-order valence-corrected chi connectivity index (χ2v) is 12.5. The summed E-state index contributed by atoms with van der Waals surface area (Å²) >= 11 is 0. The minimum absolute atomic E-state index is 0.498. The van der Waals surface area contributed by atoms with Gasteiger partial charge in [-0.3, -0.25) is 0 Å². The molecule has 7 unspecified atom stereocenters. The van der Waals surface area contributed by atoms with Gasteiger partial charge in [0.15, 0.2) is 11.2 Å². The monoisotopic (exact) mass is 808 g/mol. The van der Waals surface area contributed by atoms with E-state index < -0.39 is 140 Å². The third-order valence-electron chi connectivity index (χ3n) is 9.65. The molecule has 2 bridgehead atoms. The zero-order valence-corrected chi connectivity index (χ0v) is 24.2. The van der Waals surface area contributed by atoms with Crippen molar-refractivity contribution in [3.63, 3.8) is 0 Å². The van der Waals surface area contributed by atoms with E-state index in [0.717, 1.165) is 12.2 Å². The van der Waals surface area contributed by atoms with Crippen LogP contribution in [0, 0.1) is 23.7 Å². The summed E-state index contributed by atoms with van der Waals surface area (Å²) in [6.07, 6.45) is -61.1. The minimum Gasteiger partial charge on any atom is -0.379 e. The third-order valence-corrected chi connectivity index (χ3v) is 9.65. The van der Waals surface area contributed by atoms with Crippen LogP contribution in [0.1, 0.15) is 38.5 Å². The van der Waals surface area contributed by atoms with Crippen LogP contribution in [0.2, 0.25) is 0 Å². The molecule has 300 valence electrons. The first kappa shape index (κ1) is 43.4. The van der Waals surface area contributed by atoms with Crippen molar-refractivity contribution >= 4 is 0 Å². The predicted octanol–water partition coefficient (Wildman–Crippen LogP) is 10.3. The summed E-state index contributed by atoms with van der Waals surface area (Å²) in [7, 11) is 0. The smallest absolute Gasteiger partial charge is 0.379 e. The third kappa shape index (κ3) is 5.82. The molecule has 0 aromatic heterocycles. The van der Waals surface area contributed by atoms with Crippen LogP contribution in [0.3, 0.4) is 0 Å². The normalized spacial score (nSPS) is 28.9. The quantitative estimate of drug-likeness (QED) is 0.196. The molecule has 0 aromatic carbocycles. The van der Waals surface area contributed by atoms with Gasteiger partial charge in [-0.25, -0.2) is 8.78 Å². The maximum atomic E-state index is 16.1. The average molecular weight is 808 g/mol. The summed E-state index contributed by atoms with van der Waals surface area (Å²) in [6.45, 7) is 0. The van der Waals surface area contributed by atoms with Crippen molar-refractivity contribution in [2.45, 2.75) is 116 Å². The number of aliphatic hydroxyl groups is 1. The van der Waals surface area contributed by atoms with Crippen molar-refractivity contribution in [2.75, 3.05) is 0 Å². The first-order valence-corrected chi connectivity index (χ1v) is 13.9. The lowest BCUT2D eigenvalue weighted by atomic mass is 9.57. The molecular weight excluding hydrogens is 788 g/mol. The summed E-state index contributed by atoms with van der Waals surface area (Å²) in [5.41, 5.74) is -31.0. The van der Waals surface area contributed by atoms with Crippen LogP contribution in [0.25, 0.3) is 0 Å². The Kier molecular flexibility index (Phi) is 10.2. The number of fused-ring (bicyclic) bond motifs is 2. The summed E-state index contributed by atoms with van der Waals surface area (Å²) < 4.78 is 346. The van der Waals surface area contributed by atoms with Crippen LogP contribution in [0.15, 0.2) is 12.2 Å². The van der Waals surface area contributed by atoms with Crippen LogP contribution in [-0.4, -0.2) is 82.7 Å². The Morgan fingerprint density at radius 3 is 1.20 bits per heavy atom. The van der Waals surface area contributed by atoms with Gasteiger partial charge in [0.05, 0.1) is 6.10 Å². The number of hydrogen-bond donors (Lipinski definition) is 1. The summed E-state index contributed by atoms with van der Waals surface area (Å²) in [5, 5.41) is 10.2. The second kappa shape index (κ2) is 12.0. The molecular formula is C25H20F24O2. The fourth-order valence-corrected chi connectivity index (χ4v) is 7.40. The highest BCUT2D eigenvalue weighted by Gasteiger charge is 2.95. The van der Waals surface area contributed by atoms with Crippen LogP contribution >= 0.6 is 0 Å². The average Bonchev–Trinajstić information content (AvgIpc) is 3.54. The van der Waals surface area contributed by atoms with Crippen molar-refractivity contribution in [1.29, 1.82) is 0 Å². The van der Waals surface area contributed by atoms with Crippen LogP contribution in [-0.2, 0) is 4.74 Å². The number of halogens is 24. The van der Waals surface area contributed by atoms with Crippen molar-refractivity contribution in [2.24, 2.45) is 23.7 Å². The number of rotatable bonds is 8. The molecule has 7 atom stereocenters. The van der Waals surface area contributed by atoms with E-state index in [9.17, 15) is 92.9 Å². The first-order chi connectivity index (χ1) is 22.3. The summed E-state index contributed by atoms with van der Waals surface area (Å²) in [4.78, 5) is 0. The molecule has 0 aromatic rings. The topological polar surface area (TPSA) is 29.5 Å². The first-order valence-electron chi connectivity index (χ1n) is 13.9. The highest BCUT2D eigenvalue weighted by molar-refractivity contribution is 5.26. The van der Waals surface area contributed by atoms with E-state index in [0.29, 0.717) is 0 Å². The maximum Gasteiger partial charge on any atom is 0.456 e. The highest BCUT2D eigenvalue weighted by Crippen LogP contribution is 2.69. The second-order valence-electron chi connectivity index (χ2n) is 12.5. The lowest BCUT2D eigenvalue weighted by Crippen LogP contribution is -2.82. The molecule has 0 saturated heterocycles. The molecule has 26 heteroatoms. The van der Waals surface area contributed by atoms with E-state index in [-0.39, 0.29) is 0 Å². The van der Waals surface area contributed by atoms with Gasteiger partial charge in [-0.05, 0) is 49.9 Å². The Hall–Kier alpha value is -2.02. The minimum atomic E-state index is -8.31. The van der Waals surface area contributed by atoms with Gasteiger partial charge in [0, 0.05) is 5.92 Å². The van der Waals surface area contributed by atoms with E-state index >= 15 is 17.6 Å². The van der Waals surface area contributed by atoms with Crippen molar-refractivity contribution in [3.8, 4) is 0 Å². The fraction of sp³-hybridized carbons (Fsp3) is 0.920. The van der Waals surface area contributed by atoms with E-state index in [2.05, 4.69) is 4.74 Å². The van der Waals surface area contributed by atoms with E-state index in [1.807, 2.05) is 0 Å². The molecule has 2 saturated carbocycles. The lowest BCUT2D eigenvalue weighted by molar-refractivity contribution is -0.471. The Labute approximate surface area is 268 Å². The lowest BCUT2D eigenvalue weighted by Gasteiger charge is -2.57.